The predicted molar refractivity (Wildman–Crippen MR) is 310 cm³/mol. The van der Waals surface area contributed by atoms with Gasteiger partial charge in [-0.2, -0.15) is 0 Å². The molecule has 12 nitrogen and oxygen atoms in total. The van der Waals surface area contributed by atoms with Crippen LogP contribution in [0.3, 0.4) is 0 Å². The fraction of sp³-hybridized carbons (Fsp3) is 0.104. The lowest BCUT2D eigenvalue weighted by Crippen LogP contribution is -2.61. The molecule has 1 aromatic heterocycles. The molecule has 13 heteroatoms. The van der Waals surface area contributed by atoms with Crippen molar-refractivity contribution in [3.8, 4) is 68.4 Å². The van der Waals surface area contributed by atoms with Crippen LogP contribution in [-0.4, -0.2) is 33.9 Å². The quantitative estimate of drug-likeness (QED) is 0.148. The van der Waals surface area contributed by atoms with Crippen LogP contribution in [0.25, 0.3) is 44.2 Å². The first kappa shape index (κ1) is 43.9. The lowest BCUT2D eigenvalue weighted by molar-refractivity contribution is 0.173. The largest absolute Gasteiger partial charge is 0.456 e. The summed E-state index contributed by atoms with van der Waals surface area (Å²) in [6.07, 6.45) is 0. The maximum atomic E-state index is 6.38. The van der Waals surface area contributed by atoms with E-state index < -0.39 is 0 Å². The summed E-state index contributed by atoms with van der Waals surface area (Å²) in [5, 5.41) is 3.25. The maximum absolute atomic E-state index is 6.38. The molecule has 0 N–H and O–H groups in total. The van der Waals surface area contributed by atoms with Crippen LogP contribution in [0.1, 0.15) is 25.0 Å². The molecule has 10 aromatic carbocycles. The normalized spacial score (nSPS) is 15.5. The van der Waals surface area contributed by atoms with Crippen molar-refractivity contribution in [3.63, 3.8) is 0 Å². The monoisotopic (exact) mass is 1050 g/mol. The van der Waals surface area contributed by atoms with Crippen molar-refractivity contribution >= 4 is 96.0 Å². The van der Waals surface area contributed by atoms with Gasteiger partial charge in [-0.05, 0) is 140 Å². The van der Waals surface area contributed by atoms with Gasteiger partial charge >= 0.3 is 0 Å². The SMILES string of the molecule is CC1(C)c2ccccc2-c2ccc(N(c3cc4c5c(c3)N(c3ccc6c(c3)OCO6)c3cc6c(cc3B5c3cc5c(cc3N4c3ccc4c(c3)OCO4)OCO5)OCO6)c3ccc4cc(-c5cc6ccccc6o5)ccc4c3)cc21. The fourth-order valence-corrected chi connectivity index (χ4v) is 13.4. The summed E-state index contributed by atoms with van der Waals surface area (Å²) in [5.74, 6) is 6.26. The Kier molecular flexibility index (Phi) is 8.77. The molecule has 6 aliphatic heterocycles. The number of anilines is 9. The molecule has 80 heavy (non-hydrogen) atoms. The molecule has 11 aromatic rings. The topological polar surface area (TPSA) is 96.7 Å². The van der Waals surface area contributed by atoms with E-state index in [0.29, 0.717) is 46.0 Å². The standard InChI is InChI=1S/C67H44BN3O9/c1-67(2)48-9-5-4-8-46(48)47-18-15-42(24-49(47)67)69(41-14-13-37-21-40(12-11-38(37)22-41)59-23-39-7-3-6-10-56(39)80-59)45-25-54-66-55(26-45)71(44-17-20-58-61(28-44)75-34-73-58)53-32-65-63(77-36-79-65)30-51(53)68(66)50-29-62-64(78-35-76-62)31-52(50)70(54)43-16-19-57-60(27-43)74-33-72-57/h3-32H,33-36H2,1-2H3. The van der Waals surface area contributed by atoms with Gasteiger partial charge in [-0.1, -0.05) is 80.6 Å². The van der Waals surface area contributed by atoms with Gasteiger partial charge in [0, 0.05) is 74.8 Å². The molecule has 0 bridgehead atoms. The average molecular weight is 1050 g/mol. The van der Waals surface area contributed by atoms with Crippen LogP contribution < -0.4 is 69.0 Å². The molecule has 0 amide bonds. The number of nitrogens with zero attached hydrogens (tertiary/aromatic N) is 3. The minimum atomic E-state index is -0.312. The molecule has 18 rings (SSSR count). The number of fused-ring (bicyclic) bond motifs is 13. The molecule has 7 heterocycles. The number of benzene rings is 10. The first-order valence-corrected chi connectivity index (χ1v) is 26.9. The molecular weight excluding hydrogens is 1000 g/mol. The molecule has 0 atom stereocenters. The molecule has 1 aliphatic carbocycles. The minimum Gasteiger partial charge on any atom is -0.456 e. The Hall–Kier alpha value is -10.1. The van der Waals surface area contributed by atoms with Gasteiger partial charge < -0.3 is 57.0 Å². The Labute approximate surface area is 459 Å². The van der Waals surface area contributed by atoms with E-state index in [1.165, 1.54) is 22.3 Å². The van der Waals surface area contributed by atoms with Gasteiger partial charge in [0.15, 0.2) is 46.0 Å². The predicted octanol–water partition coefficient (Wildman–Crippen LogP) is 14.0. The number of hydrogen-bond acceptors (Lipinski definition) is 12. The van der Waals surface area contributed by atoms with Crippen LogP contribution in [0, 0.1) is 0 Å². The second-order valence-electron chi connectivity index (χ2n) is 21.7. The Bertz CT molecular complexity index is 4370. The van der Waals surface area contributed by atoms with Gasteiger partial charge in [-0.15, -0.1) is 0 Å². The third-order valence-electron chi connectivity index (χ3n) is 17.1. The zero-order valence-corrected chi connectivity index (χ0v) is 43.2. The third-order valence-corrected chi connectivity index (χ3v) is 17.1. The summed E-state index contributed by atoms with van der Waals surface area (Å²) in [5.41, 5.74) is 18.3. The van der Waals surface area contributed by atoms with E-state index in [9.17, 15) is 0 Å². The molecule has 0 saturated heterocycles. The molecule has 0 unspecified atom stereocenters. The van der Waals surface area contributed by atoms with E-state index in [1.54, 1.807) is 0 Å². The van der Waals surface area contributed by atoms with Crippen LogP contribution in [0.15, 0.2) is 186 Å². The summed E-state index contributed by atoms with van der Waals surface area (Å²) in [4.78, 5) is 7.10. The summed E-state index contributed by atoms with van der Waals surface area (Å²) >= 11 is 0. The number of ether oxygens (including phenoxy) is 8. The van der Waals surface area contributed by atoms with Gasteiger partial charge in [0.25, 0.3) is 6.71 Å². The summed E-state index contributed by atoms with van der Waals surface area (Å²) in [6.45, 7) is 4.88. The molecule has 0 fully saturated rings. The second-order valence-corrected chi connectivity index (χ2v) is 21.7. The molecular formula is C67H44BN3O9. The van der Waals surface area contributed by atoms with Gasteiger partial charge in [0.05, 0.1) is 17.1 Å². The third kappa shape index (κ3) is 6.22. The number of hydrogen-bond donors (Lipinski definition) is 0. The Balaban J connectivity index is 0.920. The van der Waals surface area contributed by atoms with Crippen molar-refractivity contribution in [3.05, 3.63) is 193 Å². The van der Waals surface area contributed by atoms with Crippen LogP contribution >= 0.6 is 0 Å². The molecule has 384 valence electrons. The Morgan fingerprint density at radius 1 is 0.400 bits per heavy atom. The highest BCUT2D eigenvalue weighted by Gasteiger charge is 2.47. The molecule has 0 spiro atoms. The summed E-state index contributed by atoms with van der Waals surface area (Å²) in [6, 6.07) is 65.0. The summed E-state index contributed by atoms with van der Waals surface area (Å²) < 4.78 is 55.3. The first-order valence-electron chi connectivity index (χ1n) is 26.9. The van der Waals surface area contributed by atoms with E-state index in [4.69, 9.17) is 42.3 Å². The minimum absolute atomic E-state index is 0.118. The van der Waals surface area contributed by atoms with Crippen molar-refractivity contribution < 1.29 is 42.3 Å². The fourth-order valence-electron chi connectivity index (χ4n) is 13.4. The Morgan fingerprint density at radius 2 is 0.938 bits per heavy atom. The van der Waals surface area contributed by atoms with Crippen molar-refractivity contribution in [2.75, 3.05) is 41.9 Å². The molecule has 0 saturated carbocycles. The second kappa shape index (κ2) is 16.0. The molecule has 0 radical (unpaired) electrons. The van der Waals surface area contributed by atoms with E-state index in [1.807, 2.05) is 30.3 Å². The zero-order chi connectivity index (χ0) is 52.5. The average Bonchev–Trinajstić information content (AvgIpc) is 3.40. The van der Waals surface area contributed by atoms with Crippen LogP contribution in [0.5, 0.6) is 46.0 Å². The van der Waals surface area contributed by atoms with E-state index in [0.717, 1.165) is 101 Å². The van der Waals surface area contributed by atoms with Crippen molar-refractivity contribution in [1.29, 1.82) is 0 Å². The van der Waals surface area contributed by atoms with Crippen molar-refractivity contribution in [2.45, 2.75) is 19.3 Å². The van der Waals surface area contributed by atoms with Gasteiger partial charge in [-0.25, -0.2) is 0 Å². The van der Waals surface area contributed by atoms with Crippen LogP contribution in [0.4, 0.5) is 51.2 Å². The summed E-state index contributed by atoms with van der Waals surface area (Å²) in [7, 11) is 0. The number of para-hydroxylation sites is 1. The highest BCUT2D eigenvalue weighted by Crippen LogP contribution is 2.55. The van der Waals surface area contributed by atoms with Gasteiger partial charge in [0.1, 0.15) is 11.3 Å². The van der Waals surface area contributed by atoms with Crippen molar-refractivity contribution in [2.24, 2.45) is 0 Å². The maximum Gasteiger partial charge on any atom is 0.252 e. The number of furan rings is 1. The smallest absolute Gasteiger partial charge is 0.252 e. The highest BCUT2D eigenvalue weighted by atomic mass is 16.7. The van der Waals surface area contributed by atoms with Crippen LogP contribution in [-0.2, 0) is 5.41 Å². The highest BCUT2D eigenvalue weighted by molar-refractivity contribution is 7.00. The van der Waals surface area contributed by atoms with E-state index >= 15 is 0 Å². The van der Waals surface area contributed by atoms with E-state index in [2.05, 4.69) is 180 Å². The lowest BCUT2D eigenvalue weighted by atomic mass is 9.33. The Morgan fingerprint density at radius 3 is 1.60 bits per heavy atom. The van der Waals surface area contributed by atoms with Gasteiger partial charge in [0.2, 0.25) is 27.2 Å². The lowest BCUT2D eigenvalue weighted by Gasteiger charge is -2.45. The van der Waals surface area contributed by atoms with Gasteiger partial charge in [-0.3, -0.25) is 0 Å². The first-order chi connectivity index (χ1) is 39.3. The number of rotatable bonds is 6. The molecule has 7 aliphatic rings. The van der Waals surface area contributed by atoms with Crippen molar-refractivity contribution in [1.82, 2.24) is 0 Å². The van der Waals surface area contributed by atoms with Crippen LogP contribution in [0.2, 0.25) is 0 Å². The van der Waals surface area contributed by atoms with E-state index in [-0.39, 0.29) is 39.3 Å². The zero-order valence-electron chi connectivity index (χ0n) is 43.2.